The summed E-state index contributed by atoms with van der Waals surface area (Å²) in [6.07, 6.45) is 3.34. The number of imidazole rings is 1. The van der Waals surface area contributed by atoms with Gasteiger partial charge < -0.3 is 4.74 Å². The molecule has 0 unspecified atom stereocenters. The molecule has 0 aliphatic rings. The molecular weight excluding hydrogens is 281 g/mol. The number of aromatic nitrogens is 3. The summed E-state index contributed by atoms with van der Waals surface area (Å²) in [6.45, 7) is 0. The lowest BCUT2D eigenvalue weighted by Crippen LogP contribution is -2.02. The predicted octanol–water partition coefficient (Wildman–Crippen LogP) is 3.31. The number of pyridine rings is 1. The molecule has 0 atom stereocenters. The second kappa shape index (κ2) is 5.09. The van der Waals surface area contributed by atoms with Crippen molar-refractivity contribution in [3.63, 3.8) is 0 Å². The first-order valence-corrected chi connectivity index (χ1v) is 6.49. The Bertz CT molecular complexity index is 772. The zero-order chi connectivity index (χ0) is 14.1. The van der Waals surface area contributed by atoms with Gasteiger partial charge in [-0.15, -0.1) is 11.6 Å². The number of ether oxygens (including phenoxy) is 1. The molecule has 0 radical (unpaired) electrons. The summed E-state index contributed by atoms with van der Waals surface area (Å²) in [5.41, 5.74) is 2.27. The topological polar surface area (TPSA) is 39.9 Å². The monoisotopic (exact) mass is 291 g/mol. The molecule has 0 fully saturated rings. The third-order valence-electron chi connectivity index (χ3n) is 3.03. The molecule has 0 bridgehead atoms. The van der Waals surface area contributed by atoms with Gasteiger partial charge in [-0.2, -0.15) is 0 Å². The molecule has 0 saturated heterocycles. The molecule has 0 N–H and O–H groups in total. The summed E-state index contributed by atoms with van der Waals surface area (Å²) >= 11 is 5.96. The van der Waals surface area contributed by atoms with Crippen molar-refractivity contribution in [1.82, 2.24) is 14.5 Å². The van der Waals surface area contributed by atoms with Crippen LogP contribution < -0.4 is 4.74 Å². The van der Waals surface area contributed by atoms with Crippen LogP contribution in [0.25, 0.3) is 16.7 Å². The number of nitrogens with zero attached hydrogens (tertiary/aromatic N) is 3. The second-order valence-electron chi connectivity index (χ2n) is 4.18. The number of fused-ring (bicyclic) bond motifs is 1. The molecule has 0 saturated carbocycles. The van der Waals surface area contributed by atoms with E-state index >= 15 is 0 Å². The van der Waals surface area contributed by atoms with E-state index in [0.29, 0.717) is 17.3 Å². The van der Waals surface area contributed by atoms with Crippen LogP contribution in [0.5, 0.6) is 5.75 Å². The molecule has 4 nitrogen and oxygen atoms in total. The van der Waals surface area contributed by atoms with Crippen molar-refractivity contribution in [3.05, 3.63) is 48.3 Å². The maximum atomic E-state index is 13.3. The molecule has 20 heavy (non-hydrogen) atoms. The largest absolute Gasteiger partial charge is 0.494 e. The molecule has 3 aromatic rings. The van der Waals surface area contributed by atoms with E-state index in [0.717, 1.165) is 11.0 Å². The molecule has 0 aliphatic carbocycles. The van der Waals surface area contributed by atoms with Crippen molar-refractivity contribution in [3.8, 4) is 11.4 Å². The lowest BCUT2D eigenvalue weighted by Gasteiger charge is -2.12. The first-order chi connectivity index (χ1) is 9.74. The highest BCUT2D eigenvalue weighted by molar-refractivity contribution is 6.17. The first-order valence-electron chi connectivity index (χ1n) is 5.96. The quantitative estimate of drug-likeness (QED) is 0.695. The summed E-state index contributed by atoms with van der Waals surface area (Å²) in [5.74, 6) is 0.950. The van der Waals surface area contributed by atoms with Gasteiger partial charge >= 0.3 is 0 Å². The second-order valence-corrected chi connectivity index (χ2v) is 4.44. The Hall–Kier alpha value is -2.14. The summed E-state index contributed by atoms with van der Waals surface area (Å²) in [6, 6.07) is 6.19. The Morgan fingerprint density at radius 3 is 2.95 bits per heavy atom. The van der Waals surface area contributed by atoms with Crippen LogP contribution in [-0.4, -0.2) is 21.6 Å². The van der Waals surface area contributed by atoms with E-state index < -0.39 is 0 Å². The van der Waals surface area contributed by atoms with E-state index in [9.17, 15) is 4.39 Å². The van der Waals surface area contributed by atoms with Crippen molar-refractivity contribution in [2.45, 2.75) is 5.88 Å². The number of alkyl halides is 1. The molecule has 0 spiro atoms. The fraction of sp³-hybridized carbons (Fsp3) is 0.143. The zero-order valence-electron chi connectivity index (χ0n) is 10.7. The Morgan fingerprint density at radius 1 is 1.35 bits per heavy atom. The van der Waals surface area contributed by atoms with E-state index in [1.54, 1.807) is 18.5 Å². The fourth-order valence-electron chi connectivity index (χ4n) is 2.18. The molecule has 2 heterocycles. The Morgan fingerprint density at radius 2 is 2.20 bits per heavy atom. The normalized spacial score (nSPS) is 10.9. The van der Waals surface area contributed by atoms with Crippen molar-refractivity contribution < 1.29 is 9.13 Å². The molecule has 2 aromatic heterocycles. The molecule has 3 rings (SSSR count). The molecule has 1 aromatic carbocycles. The lowest BCUT2D eigenvalue weighted by atomic mass is 10.2. The number of halogens is 2. The highest BCUT2D eigenvalue weighted by atomic mass is 35.5. The third kappa shape index (κ3) is 2.00. The van der Waals surface area contributed by atoms with Gasteiger partial charge in [0.25, 0.3) is 0 Å². The lowest BCUT2D eigenvalue weighted by molar-refractivity contribution is 0.409. The summed E-state index contributed by atoms with van der Waals surface area (Å²) in [7, 11) is 1.50. The molecule has 0 amide bonds. The van der Waals surface area contributed by atoms with Crippen LogP contribution in [0.2, 0.25) is 0 Å². The maximum Gasteiger partial charge on any atom is 0.145 e. The van der Waals surface area contributed by atoms with Crippen molar-refractivity contribution in [2.75, 3.05) is 7.11 Å². The van der Waals surface area contributed by atoms with E-state index in [1.165, 1.54) is 19.2 Å². The SMILES string of the molecule is COc1cc(F)ccc1-n1c(CCl)nc2cnccc21. The van der Waals surface area contributed by atoms with Crippen molar-refractivity contribution in [1.29, 1.82) is 0 Å². The minimum absolute atomic E-state index is 0.231. The van der Waals surface area contributed by atoms with Gasteiger partial charge in [0, 0.05) is 12.3 Å². The Kier molecular flexibility index (Phi) is 3.28. The number of methoxy groups -OCH3 is 1. The average molecular weight is 292 g/mol. The van der Waals surface area contributed by atoms with Crippen LogP contribution in [-0.2, 0) is 5.88 Å². The van der Waals surface area contributed by atoms with E-state index in [2.05, 4.69) is 9.97 Å². The van der Waals surface area contributed by atoms with Crippen LogP contribution in [0.15, 0.2) is 36.7 Å². The van der Waals surface area contributed by atoms with Gasteiger partial charge in [-0.25, -0.2) is 9.37 Å². The molecule has 102 valence electrons. The molecule has 6 heteroatoms. The first kappa shape index (κ1) is 12.9. The van der Waals surface area contributed by atoms with Crippen LogP contribution in [0.3, 0.4) is 0 Å². The highest BCUT2D eigenvalue weighted by Gasteiger charge is 2.15. The van der Waals surface area contributed by atoms with Crippen LogP contribution >= 0.6 is 11.6 Å². The number of hydrogen-bond donors (Lipinski definition) is 0. The highest BCUT2D eigenvalue weighted by Crippen LogP contribution is 2.29. The van der Waals surface area contributed by atoms with Gasteiger partial charge in [-0.05, 0) is 18.2 Å². The van der Waals surface area contributed by atoms with Gasteiger partial charge in [0.2, 0.25) is 0 Å². The number of hydrogen-bond acceptors (Lipinski definition) is 3. The van der Waals surface area contributed by atoms with Gasteiger partial charge in [0.05, 0.1) is 30.4 Å². The van der Waals surface area contributed by atoms with E-state index in [4.69, 9.17) is 16.3 Å². The molecule has 0 aliphatic heterocycles. The van der Waals surface area contributed by atoms with E-state index in [-0.39, 0.29) is 11.7 Å². The van der Waals surface area contributed by atoms with Crippen LogP contribution in [0, 0.1) is 5.82 Å². The van der Waals surface area contributed by atoms with Crippen LogP contribution in [0.4, 0.5) is 4.39 Å². The van der Waals surface area contributed by atoms with Crippen molar-refractivity contribution >= 4 is 22.6 Å². The van der Waals surface area contributed by atoms with Crippen molar-refractivity contribution in [2.24, 2.45) is 0 Å². The van der Waals surface area contributed by atoms with E-state index in [1.807, 2.05) is 10.6 Å². The smallest absolute Gasteiger partial charge is 0.145 e. The van der Waals surface area contributed by atoms with Gasteiger partial charge in [0.1, 0.15) is 22.9 Å². The van der Waals surface area contributed by atoms with Gasteiger partial charge in [-0.1, -0.05) is 0 Å². The summed E-state index contributed by atoms with van der Waals surface area (Å²) in [5, 5.41) is 0. The summed E-state index contributed by atoms with van der Waals surface area (Å²) in [4.78, 5) is 8.47. The molecular formula is C14H11ClFN3O. The average Bonchev–Trinajstić information content (AvgIpc) is 2.85. The zero-order valence-corrected chi connectivity index (χ0v) is 11.4. The minimum Gasteiger partial charge on any atom is -0.494 e. The predicted molar refractivity (Wildman–Crippen MR) is 74.9 cm³/mol. The Balaban J connectivity index is 2.33. The fourth-order valence-corrected chi connectivity index (χ4v) is 2.36. The number of rotatable bonds is 3. The van der Waals surface area contributed by atoms with Gasteiger partial charge in [-0.3, -0.25) is 9.55 Å². The van der Waals surface area contributed by atoms with Crippen LogP contribution in [0.1, 0.15) is 5.82 Å². The standard InChI is InChI=1S/C14H11ClFN3O/c1-20-13-6-9(16)2-3-12(13)19-11-4-5-17-8-10(11)18-14(19)7-15/h2-6,8H,7H2,1H3. The van der Waals surface area contributed by atoms with Gasteiger partial charge in [0.15, 0.2) is 0 Å². The minimum atomic E-state index is -0.357. The Labute approximate surface area is 119 Å². The third-order valence-corrected chi connectivity index (χ3v) is 3.27. The summed E-state index contributed by atoms with van der Waals surface area (Å²) < 4.78 is 20.4. The number of benzene rings is 1. The maximum absolute atomic E-state index is 13.3.